The molecule has 1 N–H and O–H groups in total. The van der Waals surface area contributed by atoms with Crippen molar-refractivity contribution in [1.82, 2.24) is 24.5 Å². The molecule has 1 amide bonds. The van der Waals surface area contributed by atoms with Gasteiger partial charge in [0.15, 0.2) is 0 Å². The number of fused-ring (bicyclic) bond motifs is 1. The lowest BCUT2D eigenvalue weighted by Crippen LogP contribution is -2.19. The minimum atomic E-state index is -0.305. The lowest BCUT2D eigenvalue weighted by Gasteiger charge is -2.11. The van der Waals surface area contributed by atoms with E-state index >= 15 is 0 Å². The zero-order chi connectivity index (χ0) is 20.5. The third-order valence-electron chi connectivity index (χ3n) is 5.12. The minimum absolute atomic E-state index is 0.305. The molecular formula is C22H19BrN6O. The topological polar surface area (TPSA) is 85.6 Å². The second kappa shape index (κ2) is 7.95. The summed E-state index contributed by atoms with van der Waals surface area (Å²) in [6.07, 6.45) is 6.32. The Bertz CT molecular complexity index is 1220. The lowest BCUT2D eigenvalue weighted by atomic mass is 10.2. The van der Waals surface area contributed by atoms with Gasteiger partial charge in [0.1, 0.15) is 11.5 Å². The predicted molar refractivity (Wildman–Crippen MR) is 117 cm³/mol. The summed E-state index contributed by atoms with van der Waals surface area (Å²) in [5, 5.41) is 2.95. The highest BCUT2D eigenvalue weighted by molar-refractivity contribution is 9.10. The first-order chi connectivity index (χ1) is 14.7. The molecule has 1 fully saturated rings. The molecule has 3 heterocycles. The molecule has 30 heavy (non-hydrogen) atoms. The number of anilines is 1. The van der Waals surface area contributed by atoms with Crippen molar-refractivity contribution in [2.75, 3.05) is 5.32 Å². The Labute approximate surface area is 181 Å². The van der Waals surface area contributed by atoms with Crippen LogP contribution in [0.15, 0.2) is 59.3 Å². The molecule has 0 unspecified atom stereocenters. The van der Waals surface area contributed by atoms with Crippen LogP contribution in [0.3, 0.4) is 0 Å². The van der Waals surface area contributed by atoms with E-state index in [1.165, 1.54) is 0 Å². The molecule has 1 aliphatic carbocycles. The minimum Gasteiger partial charge on any atom is -0.310 e. The van der Waals surface area contributed by atoms with Crippen molar-refractivity contribution < 1.29 is 4.79 Å². The highest BCUT2D eigenvalue weighted by Gasteiger charge is 2.28. The number of hydrogen-bond acceptors (Lipinski definition) is 5. The molecule has 0 aliphatic heterocycles. The fourth-order valence-corrected chi connectivity index (χ4v) is 3.78. The van der Waals surface area contributed by atoms with Gasteiger partial charge in [0, 0.05) is 37.0 Å². The number of amides is 1. The van der Waals surface area contributed by atoms with Crippen molar-refractivity contribution in [3.05, 3.63) is 76.5 Å². The van der Waals surface area contributed by atoms with Gasteiger partial charge >= 0.3 is 0 Å². The Morgan fingerprint density at radius 2 is 1.93 bits per heavy atom. The molecule has 1 aromatic carbocycles. The highest BCUT2D eigenvalue weighted by Crippen LogP contribution is 2.38. The van der Waals surface area contributed by atoms with E-state index in [9.17, 15) is 4.79 Å². The first kappa shape index (κ1) is 18.9. The molecule has 0 saturated heterocycles. The quantitative estimate of drug-likeness (QED) is 0.460. The number of carbonyl (C=O) groups excluding carboxylic acids is 1. The summed E-state index contributed by atoms with van der Waals surface area (Å²) in [4.78, 5) is 30.9. The van der Waals surface area contributed by atoms with Gasteiger partial charge in [-0.05, 0) is 53.0 Å². The fraction of sp³-hybridized carbons (Fsp3) is 0.227. The van der Waals surface area contributed by atoms with Crippen LogP contribution in [-0.2, 0) is 13.0 Å². The van der Waals surface area contributed by atoms with E-state index in [-0.39, 0.29) is 5.91 Å². The standard InChI is InChI=1S/C22H19BrN6O/c23-16-13-25-20(14-8-9-14)27-19(16)21(30)28-22-26-17-6-1-2-7-18(17)29(22)12-10-15-5-3-4-11-24-15/h1-7,11,13-14H,8-10,12H2,(H,26,28,30). The van der Waals surface area contributed by atoms with Gasteiger partial charge in [-0.2, -0.15) is 0 Å². The molecule has 5 rings (SSSR count). The maximum Gasteiger partial charge on any atom is 0.277 e. The van der Waals surface area contributed by atoms with Gasteiger partial charge < -0.3 is 4.57 Å². The Hall–Kier alpha value is -3.13. The summed E-state index contributed by atoms with van der Waals surface area (Å²) in [7, 11) is 0. The monoisotopic (exact) mass is 462 g/mol. The average Bonchev–Trinajstić information content (AvgIpc) is 3.56. The first-order valence-electron chi connectivity index (χ1n) is 9.88. The van der Waals surface area contributed by atoms with E-state index in [0.29, 0.717) is 28.6 Å². The zero-order valence-corrected chi connectivity index (χ0v) is 17.7. The van der Waals surface area contributed by atoms with Crippen molar-refractivity contribution >= 4 is 38.8 Å². The number of nitrogens with zero attached hydrogens (tertiary/aromatic N) is 5. The van der Waals surface area contributed by atoms with Crippen LogP contribution in [-0.4, -0.2) is 30.4 Å². The third kappa shape index (κ3) is 3.82. The molecule has 0 radical (unpaired) electrons. The number of hydrogen-bond donors (Lipinski definition) is 1. The van der Waals surface area contributed by atoms with Crippen molar-refractivity contribution in [2.45, 2.75) is 31.7 Å². The van der Waals surface area contributed by atoms with Crippen LogP contribution < -0.4 is 5.32 Å². The number of aryl methyl sites for hydroxylation is 2. The van der Waals surface area contributed by atoms with E-state index in [1.54, 1.807) is 12.4 Å². The number of nitrogens with one attached hydrogen (secondary N) is 1. The van der Waals surface area contributed by atoms with Crippen LogP contribution >= 0.6 is 15.9 Å². The number of imidazole rings is 1. The summed E-state index contributed by atoms with van der Waals surface area (Å²) in [6.45, 7) is 0.644. The molecule has 3 aromatic heterocycles. The summed E-state index contributed by atoms with van der Waals surface area (Å²) in [5.74, 6) is 1.29. The molecule has 0 spiro atoms. The molecule has 4 aromatic rings. The number of pyridine rings is 1. The van der Waals surface area contributed by atoms with Gasteiger partial charge in [0.05, 0.1) is 15.5 Å². The summed E-state index contributed by atoms with van der Waals surface area (Å²) < 4.78 is 2.58. The SMILES string of the molecule is O=C(Nc1nc2ccccc2n1CCc1ccccn1)c1nc(C2CC2)ncc1Br. The molecule has 7 nitrogen and oxygen atoms in total. The second-order valence-electron chi connectivity index (χ2n) is 7.30. The average molecular weight is 463 g/mol. The molecule has 0 bridgehead atoms. The van der Waals surface area contributed by atoms with Crippen molar-refractivity contribution in [2.24, 2.45) is 0 Å². The Morgan fingerprint density at radius 3 is 2.73 bits per heavy atom. The Morgan fingerprint density at radius 1 is 1.10 bits per heavy atom. The van der Waals surface area contributed by atoms with E-state index in [4.69, 9.17) is 0 Å². The molecule has 0 atom stereocenters. The van der Waals surface area contributed by atoms with E-state index in [2.05, 4.69) is 41.2 Å². The second-order valence-corrected chi connectivity index (χ2v) is 8.15. The summed E-state index contributed by atoms with van der Waals surface area (Å²) in [6, 6.07) is 13.7. The Balaban J connectivity index is 1.45. The summed E-state index contributed by atoms with van der Waals surface area (Å²) in [5.41, 5.74) is 3.11. The normalized spacial score (nSPS) is 13.5. The smallest absolute Gasteiger partial charge is 0.277 e. The maximum absolute atomic E-state index is 13.0. The van der Waals surface area contributed by atoms with Crippen LogP contribution in [0.2, 0.25) is 0 Å². The molecule has 150 valence electrons. The van der Waals surface area contributed by atoms with Crippen molar-refractivity contribution in [3.8, 4) is 0 Å². The number of carbonyl (C=O) groups is 1. The van der Waals surface area contributed by atoms with Crippen molar-refractivity contribution in [3.63, 3.8) is 0 Å². The highest BCUT2D eigenvalue weighted by atomic mass is 79.9. The van der Waals surface area contributed by atoms with Gasteiger partial charge in [-0.1, -0.05) is 18.2 Å². The predicted octanol–water partition coefficient (Wildman–Crippen LogP) is 4.36. The molecule has 1 saturated carbocycles. The fourth-order valence-electron chi connectivity index (χ4n) is 3.41. The Kier molecular flexibility index (Phi) is 5.00. The van der Waals surface area contributed by atoms with Crippen LogP contribution in [0.1, 0.15) is 40.8 Å². The van der Waals surface area contributed by atoms with Crippen LogP contribution in [0, 0.1) is 0 Å². The van der Waals surface area contributed by atoms with Gasteiger partial charge in [0.2, 0.25) is 5.95 Å². The van der Waals surface area contributed by atoms with Crippen LogP contribution in [0.5, 0.6) is 0 Å². The molecule has 8 heteroatoms. The zero-order valence-electron chi connectivity index (χ0n) is 16.1. The van der Waals surface area contributed by atoms with Gasteiger partial charge in [-0.15, -0.1) is 0 Å². The third-order valence-corrected chi connectivity index (χ3v) is 5.70. The number of aromatic nitrogens is 5. The van der Waals surface area contributed by atoms with E-state index in [1.807, 2.05) is 47.0 Å². The van der Waals surface area contributed by atoms with Gasteiger partial charge in [0.25, 0.3) is 5.91 Å². The summed E-state index contributed by atoms with van der Waals surface area (Å²) >= 11 is 3.41. The maximum atomic E-state index is 13.0. The van der Waals surface area contributed by atoms with Crippen LogP contribution in [0.25, 0.3) is 11.0 Å². The van der Waals surface area contributed by atoms with Gasteiger partial charge in [-0.25, -0.2) is 15.0 Å². The molecular weight excluding hydrogens is 444 g/mol. The molecule has 1 aliphatic rings. The lowest BCUT2D eigenvalue weighted by molar-refractivity contribution is 0.101. The number of halogens is 1. The van der Waals surface area contributed by atoms with Crippen LogP contribution in [0.4, 0.5) is 5.95 Å². The van der Waals surface area contributed by atoms with E-state index < -0.39 is 0 Å². The number of benzene rings is 1. The van der Waals surface area contributed by atoms with Gasteiger partial charge in [-0.3, -0.25) is 15.1 Å². The van der Waals surface area contributed by atoms with E-state index in [0.717, 1.165) is 41.8 Å². The van der Waals surface area contributed by atoms with Crippen molar-refractivity contribution in [1.29, 1.82) is 0 Å². The number of para-hydroxylation sites is 2. The number of rotatable bonds is 6. The first-order valence-corrected chi connectivity index (χ1v) is 10.7. The largest absolute Gasteiger partial charge is 0.310 e.